The van der Waals surface area contributed by atoms with Gasteiger partial charge in [0, 0.05) is 43.3 Å². The molecule has 1 aromatic carbocycles. The number of piperidine rings is 1. The normalized spacial score (nSPS) is 24.3. The summed E-state index contributed by atoms with van der Waals surface area (Å²) in [6.45, 7) is 2.64. The quantitative estimate of drug-likeness (QED) is 0.699. The Morgan fingerprint density at radius 1 is 1.04 bits per heavy atom. The zero-order valence-electron chi connectivity index (χ0n) is 16.2. The largest absolute Gasteiger partial charge is 0.345 e. The van der Waals surface area contributed by atoms with Gasteiger partial charge in [0.15, 0.2) is 0 Å². The molecule has 0 saturated carbocycles. The van der Waals surface area contributed by atoms with Crippen LogP contribution in [-0.4, -0.2) is 71.7 Å². The predicted molar refractivity (Wildman–Crippen MR) is 109 cm³/mol. The minimum atomic E-state index is -0.382. The molecule has 1 spiro atoms. The average molecular weight is 448 g/mol. The second-order valence-electron chi connectivity index (χ2n) is 8.25. The van der Waals surface area contributed by atoms with E-state index in [1.165, 1.54) is 0 Å². The van der Waals surface area contributed by atoms with Crippen molar-refractivity contribution in [1.82, 2.24) is 14.7 Å². The van der Waals surface area contributed by atoms with Gasteiger partial charge in [0.2, 0.25) is 11.8 Å². The number of rotatable bonds is 2. The molecule has 4 rings (SSSR count). The fraction of sp³-hybridized carbons (Fsp3) is 0.571. The third-order valence-electron chi connectivity index (χ3n) is 6.65. The van der Waals surface area contributed by atoms with Crippen LogP contribution in [0.15, 0.2) is 28.7 Å². The molecule has 1 atom stereocenters. The zero-order chi connectivity index (χ0) is 19.9. The summed E-state index contributed by atoms with van der Waals surface area (Å²) in [6.07, 6.45) is 3.91. The summed E-state index contributed by atoms with van der Waals surface area (Å²) in [5.41, 5.74) is 0.341. The van der Waals surface area contributed by atoms with Gasteiger partial charge in [-0.3, -0.25) is 14.4 Å². The van der Waals surface area contributed by atoms with Gasteiger partial charge in [0.25, 0.3) is 5.91 Å². The highest BCUT2D eigenvalue weighted by atomic mass is 79.9. The molecule has 3 aliphatic heterocycles. The SMILES string of the molecule is CN1CCC2(CCN(C(=O)C3CCCN3C(=O)c3ccc(Br)cc3)CC2)C1=O. The minimum Gasteiger partial charge on any atom is -0.345 e. The molecule has 0 aliphatic carbocycles. The lowest BCUT2D eigenvalue weighted by Gasteiger charge is -2.39. The monoisotopic (exact) mass is 447 g/mol. The highest BCUT2D eigenvalue weighted by Crippen LogP contribution is 2.41. The molecule has 3 aliphatic rings. The van der Waals surface area contributed by atoms with Crippen LogP contribution in [0.5, 0.6) is 0 Å². The molecular weight excluding hydrogens is 422 g/mol. The Morgan fingerprint density at radius 3 is 2.29 bits per heavy atom. The molecule has 28 heavy (non-hydrogen) atoms. The Morgan fingerprint density at radius 2 is 1.68 bits per heavy atom. The maximum Gasteiger partial charge on any atom is 0.254 e. The van der Waals surface area contributed by atoms with Crippen molar-refractivity contribution >= 4 is 33.7 Å². The summed E-state index contributed by atoms with van der Waals surface area (Å²) < 4.78 is 0.924. The Bertz CT molecular complexity index is 787. The van der Waals surface area contributed by atoms with E-state index in [0.717, 1.165) is 36.7 Å². The molecule has 1 unspecified atom stereocenters. The maximum absolute atomic E-state index is 13.2. The number of amides is 3. The molecule has 0 N–H and O–H groups in total. The topological polar surface area (TPSA) is 60.9 Å². The molecule has 6 nitrogen and oxygen atoms in total. The van der Waals surface area contributed by atoms with Crippen LogP contribution >= 0.6 is 15.9 Å². The summed E-state index contributed by atoms with van der Waals surface area (Å²) in [6, 6.07) is 6.89. The number of hydrogen-bond acceptors (Lipinski definition) is 3. The van der Waals surface area contributed by atoms with Gasteiger partial charge >= 0.3 is 0 Å². The van der Waals surface area contributed by atoms with E-state index in [4.69, 9.17) is 0 Å². The van der Waals surface area contributed by atoms with Crippen LogP contribution in [0.1, 0.15) is 42.5 Å². The number of benzene rings is 1. The smallest absolute Gasteiger partial charge is 0.254 e. The van der Waals surface area contributed by atoms with Crippen molar-refractivity contribution in [2.45, 2.75) is 38.1 Å². The van der Waals surface area contributed by atoms with E-state index in [0.29, 0.717) is 31.6 Å². The van der Waals surface area contributed by atoms with Crippen LogP contribution in [0, 0.1) is 5.41 Å². The van der Waals surface area contributed by atoms with Crippen LogP contribution in [-0.2, 0) is 9.59 Å². The summed E-state index contributed by atoms with van der Waals surface area (Å²) in [4.78, 5) is 44.0. The first-order valence-corrected chi connectivity index (χ1v) is 10.8. The molecule has 0 radical (unpaired) electrons. The van der Waals surface area contributed by atoms with Crippen LogP contribution in [0.3, 0.4) is 0 Å². The van der Waals surface area contributed by atoms with Gasteiger partial charge in [-0.2, -0.15) is 0 Å². The van der Waals surface area contributed by atoms with E-state index >= 15 is 0 Å². The number of carbonyl (C=O) groups excluding carboxylic acids is 3. The van der Waals surface area contributed by atoms with E-state index in [-0.39, 0.29) is 29.2 Å². The molecule has 0 bridgehead atoms. The maximum atomic E-state index is 13.2. The van der Waals surface area contributed by atoms with Gasteiger partial charge < -0.3 is 14.7 Å². The van der Waals surface area contributed by atoms with E-state index in [1.807, 2.05) is 29.0 Å². The molecule has 3 fully saturated rings. The van der Waals surface area contributed by atoms with Gasteiger partial charge in [-0.25, -0.2) is 0 Å². The van der Waals surface area contributed by atoms with Crippen molar-refractivity contribution in [3.63, 3.8) is 0 Å². The first kappa shape index (κ1) is 19.4. The summed E-state index contributed by atoms with van der Waals surface area (Å²) in [7, 11) is 1.86. The van der Waals surface area contributed by atoms with E-state index in [9.17, 15) is 14.4 Å². The molecule has 3 amide bonds. The first-order chi connectivity index (χ1) is 13.4. The number of likely N-dealkylation sites (tertiary alicyclic amines) is 3. The standard InChI is InChI=1S/C21H26BrN3O3/c1-23-12-8-21(20(23)28)9-13-24(14-10-21)19(27)17-3-2-11-25(17)18(26)15-4-6-16(22)7-5-15/h4-7,17H,2-3,8-14H2,1H3. The van der Waals surface area contributed by atoms with Crippen molar-refractivity contribution in [1.29, 1.82) is 0 Å². The highest BCUT2D eigenvalue weighted by molar-refractivity contribution is 9.10. The lowest BCUT2D eigenvalue weighted by atomic mass is 9.77. The van der Waals surface area contributed by atoms with Crippen molar-refractivity contribution in [3.05, 3.63) is 34.3 Å². The van der Waals surface area contributed by atoms with E-state index < -0.39 is 0 Å². The van der Waals surface area contributed by atoms with Crippen LogP contribution < -0.4 is 0 Å². The number of carbonyl (C=O) groups is 3. The average Bonchev–Trinajstić information content (AvgIpc) is 3.30. The molecule has 3 saturated heterocycles. The third kappa shape index (κ3) is 3.34. The van der Waals surface area contributed by atoms with Gasteiger partial charge in [0.05, 0.1) is 5.41 Å². The second kappa shape index (κ2) is 7.50. The summed E-state index contributed by atoms with van der Waals surface area (Å²) in [5, 5.41) is 0. The first-order valence-electron chi connectivity index (χ1n) is 10.0. The Labute approximate surface area is 174 Å². The van der Waals surface area contributed by atoms with Gasteiger partial charge in [-0.05, 0) is 56.4 Å². The van der Waals surface area contributed by atoms with Gasteiger partial charge in [0.1, 0.15) is 6.04 Å². The predicted octanol–water partition coefficient (Wildman–Crippen LogP) is 2.52. The van der Waals surface area contributed by atoms with Crippen molar-refractivity contribution in [3.8, 4) is 0 Å². The summed E-state index contributed by atoms with van der Waals surface area (Å²) >= 11 is 3.39. The fourth-order valence-electron chi connectivity index (χ4n) is 4.85. The van der Waals surface area contributed by atoms with Gasteiger partial charge in [-0.15, -0.1) is 0 Å². The lowest BCUT2D eigenvalue weighted by Crippen LogP contribution is -2.52. The Kier molecular flexibility index (Phi) is 5.21. The lowest BCUT2D eigenvalue weighted by molar-refractivity contribution is -0.143. The Balaban J connectivity index is 1.42. The molecular formula is C21H26BrN3O3. The minimum absolute atomic E-state index is 0.0385. The summed E-state index contributed by atoms with van der Waals surface area (Å²) in [5.74, 6) is 0.188. The second-order valence-corrected chi connectivity index (χ2v) is 9.16. The van der Waals surface area contributed by atoms with Crippen LogP contribution in [0.4, 0.5) is 0 Å². The Hall–Kier alpha value is -1.89. The molecule has 3 heterocycles. The zero-order valence-corrected chi connectivity index (χ0v) is 17.8. The van der Waals surface area contributed by atoms with Crippen LogP contribution in [0.2, 0.25) is 0 Å². The third-order valence-corrected chi connectivity index (χ3v) is 7.18. The van der Waals surface area contributed by atoms with E-state index in [2.05, 4.69) is 15.9 Å². The molecule has 0 aromatic heterocycles. The van der Waals surface area contributed by atoms with Crippen LogP contribution in [0.25, 0.3) is 0 Å². The number of hydrogen-bond donors (Lipinski definition) is 0. The van der Waals surface area contributed by atoms with Gasteiger partial charge in [-0.1, -0.05) is 15.9 Å². The fourth-order valence-corrected chi connectivity index (χ4v) is 5.11. The molecule has 7 heteroatoms. The number of halogens is 1. The number of nitrogens with zero attached hydrogens (tertiary/aromatic N) is 3. The van der Waals surface area contributed by atoms with Crippen molar-refractivity contribution < 1.29 is 14.4 Å². The van der Waals surface area contributed by atoms with Crippen molar-refractivity contribution in [2.24, 2.45) is 5.41 Å². The van der Waals surface area contributed by atoms with Crippen molar-refractivity contribution in [2.75, 3.05) is 33.2 Å². The van der Waals surface area contributed by atoms with E-state index in [1.54, 1.807) is 17.0 Å². The molecule has 1 aromatic rings. The molecule has 150 valence electrons. The highest BCUT2D eigenvalue weighted by Gasteiger charge is 2.48.